The fourth-order valence-electron chi connectivity index (χ4n) is 2.28. The molecule has 0 spiro atoms. The lowest BCUT2D eigenvalue weighted by Crippen LogP contribution is -2.34. The van der Waals surface area contributed by atoms with Crippen molar-refractivity contribution in [3.63, 3.8) is 0 Å². The highest BCUT2D eigenvalue weighted by Crippen LogP contribution is 2.27. The number of hydrogen-bond acceptors (Lipinski definition) is 5. The van der Waals surface area contributed by atoms with Crippen LogP contribution >= 0.6 is 0 Å². The number of nitrogens with zero attached hydrogens (tertiary/aromatic N) is 2. The highest BCUT2D eigenvalue weighted by Gasteiger charge is 2.19. The van der Waals surface area contributed by atoms with Crippen molar-refractivity contribution in [1.82, 2.24) is 4.90 Å². The van der Waals surface area contributed by atoms with Gasteiger partial charge in [0.25, 0.3) is 5.91 Å². The lowest BCUT2D eigenvalue weighted by molar-refractivity contribution is -0.385. The quantitative estimate of drug-likeness (QED) is 0.418. The Morgan fingerprint density at radius 3 is 2.56 bits per heavy atom. The highest BCUT2D eigenvalue weighted by molar-refractivity contribution is 5.79. The first-order valence-corrected chi connectivity index (χ1v) is 7.73. The minimum atomic E-state index is -0.644. The molecule has 0 fully saturated rings. The predicted molar refractivity (Wildman–Crippen MR) is 91.5 cm³/mol. The van der Waals surface area contributed by atoms with E-state index in [9.17, 15) is 19.7 Å². The molecule has 0 aromatic heterocycles. The SMILES string of the molecule is CCN(Cc1ccccc1)C(=O)COc1ccc(C=O)cc1[N+](=O)[O-]. The topological polar surface area (TPSA) is 89.8 Å². The van der Waals surface area contributed by atoms with Crippen LogP contribution in [0.1, 0.15) is 22.8 Å². The van der Waals surface area contributed by atoms with Crippen molar-refractivity contribution in [2.24, 2.45) is 0 Å². The van der Waals surface area contributed by atoms with E-state index < -0.39 is 4.92 Å². The van der Waals surface area contributed by atoms with Gasteiger partial charge < -0.3 is 9.64 Å². The van der Waals surface area contributed by atoms with Gasteiger partial charge in [0.1, 0.15) is 6.29 Å². The minimum Gasteiger partial charge on any atom is -0.477 e. The number of ether oxygens (including phenoxy) is 1. The summed E-state index contributed by atoms with van der Waals surface area (Å²) in [6, 6.07) is 13.4. The first kappa shape index (κ1) is 18.1. The van der Waals surface area contributed by atoms with Crippen LogP contribution in [-0.4, -0.2) is 35.2 Å². The zero-order valence-corrected chi connectivity index (χ0v) is 13.8. The van der Waals surface area contributed by atoms with E-state index in [0.717, 1.165) is 11.6 Å². The van der Waals surface area contributed by atoms with E-state index in [1.54, 1.807) is 4.90 Å². The van der Waals surface area contributed by atoms with Gasteiger partial charge in [0.15, 0.2) is 12.4 Å². The zero-order valence-electron chi connectivity index (χ0n) is 13.8. The van der Waals surface area contributed by atoms with Crippen LogP contribution in [0.15, 0.2) is 48.5 Å². The predicted octanol–water partition coefficient (Wildman–Crippen LogP) is 2.83. The summed E-state index contributed by atoms with van der Waals surface area (Å²) in [5.41, 5.74) is 0.812. The summed E-state index contributed by atoms with van der Waals surface area (Å²) < 4.78 is 5.33. The first-order chi connectivity index (χ1) is 12.0. The van der Waals surface area contributed by atoms with Crippen LogP contribution in [0.3, 0.4) is 0 Å². The summed E-state index contributed by atoms with van der Waals surface area (Å²) in [4.78, 5) is 35.1. The van der Waals surface area contributed by atoms with E-state index >= 15 is 0 Å². The standard InChI is InChI=1S/C18H18N2O5/c1-2-19(11-14-6-4-3-5-7-14)18(22)13-25-17-9-8-15(12-21)10-16(17)20(23)24/h3-10,12H,2,11,13H2,1H3. The Morgan fingerprint density at radius 2 is 1.96 bits per heavy atom. The number of rotatable bonds is 8. The van der Waals surface area contributed by atoms with Gasteiger partial charge in [-0.2, -0.15) is 0 Å². The minimum absolute atomic E-state index is 0.0419. The van der Waals surface area contributed by atoms with Gasteiger partial charge >= 0.3 is 5.69 Å². The molecule has 0 bridgehead atoms. The molecule has 0 atom stereocenters. The lowest BCUT2D eigenvalue weighted by atomic mass is 10.2. The van der Waals surface area contributed by atoms with Crippen molar-refractivity contribution < 1.29 is 19.2 Å². The number of benzene rings is 2. The van der Waals surface area contributed by atoms with Crippen LogP contribution in [0.5, 0.6) is 5.75 Å². The third kappa shape index (κ3) is 4.87. The summed E-state index contributed by atoms with van der Waals surface area (Å²) in [5, 5.41) is 11.1. The van der Waals surface area contributed by atoms with E-state index in [1.807, 2.05) is 37.3 Å². The van der Waals surface area contributed by atoms with Crippen molar-refractivity contribution in [3.05, 3.63) is 69.8 Å². The van der Waals surface area contributed by atoms with E-state index in [2.05, 4.69) is 0 Å². The normalized spacial score (nSPS) is 10.1. The second-order valence-electron chi connectivity index (χ2n) is 5.28. The maximum absolute atomic E-state index is 12.3. The lowest BCUT2D eigenvalue weighted by Gasteiger charge is -2.21. The Labute approximate surface area is 145 Å². The Balaban J connectivity index is 2.05. The first-order valence-electron chi connectivity index (χ1n) is 7.73. The van der Waals surface area contributed by atoms with Crippen LogP contribution in [-0.2, 0) is 11.3 Å². The van der Waals surface area contributed by atoms with Gasteiger partial charge in [-0.25, -0.2) is 0 Å². The summed E-state index contributed by atoms with van der Waals surface area (Å²) in [6.07, 6.45) is 0.514. The number of amides is 1. The molecule has 7 nitrogen and oxygen atoms in total. The largest absolute Gasteiger partial charge is 0.477 e. The molecule has 0 N–H and O–H groups in total. The molecular weight excluding hydrogens is 324 g/mol. The van der Waals surface area contributed by atoms with Gasteiger partial charge in [0.2, 0.25) is 0 Å². The molecule has 25 heavy (non-hydrogen) atoms. The smallest absolute Gasteiger partial charge is 0.311 e. The number of carbonyl (C=O) groups is 2. The number of likely N-dealkylation sites (N-methyl/N-ethyl adjacent to an activating group) is 1. The molecule has 2 aromatic carbocycles. The molecule has 0 saturated carbocycles. The molecule has 7 heteroatoms. The molecule has 0 heterocycles. The van der Waals surface area contributed by atoms with Crippen LogP contribution in [0.2, 0.25) is 0 Å². The van der Waals surface area contributed by atoms with E-state index in [-0.39, 0.29) is 29.5 Å². The summed E-state index contributed by atoms with van der Waals surface area (Å²) in [7, 11) is 0. The van der Waals surface area contributed by atoms with Gasteiger partial charge in [0, 0.05) is 24.7 Å². The fraction of sp³-hybridized carbons (Fsp3) is 0.222. The van der Waals surface area contributed by atoms with E-state index in [1.165, 1.54) is 12.1 Å². The average molecular weight is 342 g/mol. The molecule has 0 unspecified atom stereocenters. The Morgan fingerprint density at radius 1 is 1.24 bits per heavy atom. The summed E-state index contributed by atoms with van der Waals surface area (Å²) in [6.45, 7) is 2.46. The summed E-state index contributed by atoms with van der Waals surface area (Å²) in [5.74, 6) is -0.320. The molecule has 0 radical (unpaired) electrons. The molecule has 2 rings (SSSR count). The summed E-state index contributed by atoms with van der Waals surface area (Å²) >= 11 is 0. The second-order valence-corrected chi connectivity index (χ2v) is 5.28. The maximum atomic E-state index is 12.3. The number of carbonyl (C=O) groups excluding carboxylic acids is 2. The number of nitro benzene ring substituents is 1. The van der Waals surface area contributed by atoms with Gasteiger partial charge in [-0.1, -0.05) is 30.3 Å². The molecular formula is C18H18N2O5. The van der Waals surface area contributed by atoms with Crippen molar-refractivity contribution >= 4 is 17.9 Å². The molecule has 2 aromatic rings. The Bertz CT molecular complexity index is 761. The fourth-order valence-corrected chi connectivity index (χ4v) is 2.28. The van der Waals surface area contributed by atoms with Gasteiger partial charge in [0.05, 0.1) is 4.92 Å². The average Bonchev–Trinajstić information content (AvgIpc) is 2.64. The van der Waals surface area contributed by atoms with Crippen molar-refractivity contribution in [2.75, 3.05) is 13.2 Å². The molecule has 1 amide bonds. The number of nitro groups is 1. The zero-order chi connectivity index (χ0) is 18.2. The third-order valence-electron chi connectivity index (χ3n) is 3.62. The third-order valence-corrected chi connectivity index (χ3v) is 3.62. The Kier molecular flexibility index (Phi) is 6.22. The van der Waals surface area contributed by atoms with E-state index in [4.69, 9.17) is 4.74 Å². The molecule has 0 aliphatic carbocycles. The van der Waals surface area contributed by atoms with Crippen molar-refractivity contribution in [1.29, 1.82) is 0 Å². The maximum Gasteiger partial charge on any atom is 0.311 e. The second kappa shape index (κ2) is 8.58. The van der Waals surface area contributed by atoms with Crippen molar-refractivity contribution in [3.8, 4) is 5.75 Å². The van der Waals surface area contributed by atoms with Gasteiger partial charge in [-0.05, 0) is 24.6 Å². The van der Waals surface area contributed by atoms with Gasteiger partial charge in [-0.15, -0.1) is 0 Å². The molecule has 0 aliphatic heterocycles. The highest BCUT2D eigenvalue weighted by atomic mass is 16.6. The van der Waals surface area contributed by atoms with Crippen LogP contribution in [0.4, 0.5) is 5.69 Å². The van der Waals surface area contributed by atoms with Crippen molar-refractivity contribution in [2.45, 2.75) is 13.5 Å². The molecule has 0 saturated heterocycles. The molecule has 0 aliphatic rings. The number of aldehydes is 1. The van der Waals surface area contributed by atoms with Crippen LogP contribution < -0.4 is 4.74 Å². The van der Waals surface area contributed by atoms with Gasteiger partial charge in [-0.3, -0.25) is 19.7 Å². The van der Waals surface area contributed by atoms with E-state index in [0.29, 0.717) is 19.4 Å². The number of hydrogen-bond donors (Lipinski definition) is 0. The van der Waals surface area contributed by atoms with Crippen LogP contribution in [0, 0.1) is 10.1 Å². The monoisotopic (exact) mass is 342 g/mol. The molecule has 130 valence electrons. The van der Waals surface area contributed by atoms with Crippen LogP contribution in [0.25, 0.3) is 0 Å². The Hall–Kier alpha value is -3.22.